The van der Waals surface area contributed by atoms with Gasteiger partial charge >= 0.3 is 0 Å². The number of rotatable bonds is 7. The normalized spacial score (nSPS) is 12.1. The highest BCUT2D eigenvalue weighted by Gasteiger charge is 2.13. The molecule has 124 valence electrons. The zero-order chi connectivity index (χ0) is 17.4. The fourth-order valence-electron chi connectivity index (χ4n) is 1.98. The van der Waals surface area contributed by atoms with E-state index in [1.54, 1.807) is 72.8 Å². The van der Waals surface area contributed by atoms with Crippen LogP contribution in [0.4, 0.5) is 5.69 Å². The third-order valence-electron chi connectivity index (χ3n) is 2.99. The molecule has 5 heteroatoms. The maximum absolute atomic E-state index is 12.4. The van der Waals surface area contributed by atoms with Crippen molar-refractivity contribution in [2.45, 2.75) is 11.8 Å². The fraction of sp³-hybridized carbons (Fsp3) is 0.0526. The minimum atomic E-state index is -3.63. The van der Waals surface area contributed by atoms with Crippen molar-refractivity contribution in [1.29, 1.82) is 0 Å². The lowest BCUT2D eigenvalue weighted by atomic mass is 10.3. The number of ether oxygens (including phenoxy) is 1. The summed E-state index contributed by atoms with van der Waals surface area (Å²) in [5, 5.41) is 0. The Bertz CT molecular complexity index is 853. The Hall–Kier alpha value is -2.79. The van der Waals surface area contributed by atoms with E-state index in [0.717, 1.165) is 0 Å². The third-order valence-corrected chi connectivity index (χ3v) is 4.39. The Balaban J connectivity index is 2.22. The van der Waals surface area contributed by atoms with E-state index < -0.39 is 10.0 Å². The van der Waals surface area contributed by atoms with Crippen LogP contribution in [0.1, 0.15) is 6.92 Å². The molecule has 0 amide bonds. The number of nitrogens with one attached hydrogen (secondary N) is 1. The lowest BCUT2D eigenvalue weighted by molar-refractivity contribution is 0.445. The van der Waals surface area contributed by atoms with E-state index >= 15 is 0 Å². The number of hydrogen-bond donors (Lipinski definition) is 1. The fourth-order valence-corrected chi connectivity index (χ4v) is 3.05. The zero-order valence-corrected chi connectivity index (χ0v) is 14.2. The summed E-state index contributed by atoms with van der Waals surface area (Å²) in [5.41, 5.74) is 0.426. The number of sulfonamides is 1. The van der Waals surface area contributed by atoms with Gasteiger partial charge in [0.25, 0.3) is 10.0 Å². The summed E-state index contributed by atoms with van der Waals surface area (Å²) in [6.07, 6.45) is 6.98. The predicted octanol–water partition coefficient (Wildman–Crippen LogP) is 4.51. The molecule has 0 atom stereocenters. The minimum absolute atomic E-state index is 0.206. The number of hydrogen-bond acceptors (Lipinski definition) is 3. The van der Waals surface area contributed by atoms with Gasteiger partial charge in [-0.25, -0.2) is 8.42 Å². The Morgan fingerprint density at radius 2 is 1.88 bits per heavy atom. The molecular formula is C19H19NO3S. The third kappa shape index (κ3) is 4.86. The summed E-state index contributed by atoms with van der Waals surface area (Å²) in [5.74, 6) is 1.13. The average Bonchev–Trinajstić information content (AvgIpc) is 2.56. The summed E-state index contributed by atoms with van der Waals surface area (Å²) < 4.78 is 33.0. The molecule has 0 heterocycles. The molecule has 2 rings (SSSR count). The van der Waals surface area contributed by atoms with Crippen LogP contribution < -0.4 is 9.46 Å². The molecule has 0 unspecified atom stereocenters. The first-order valence-electron chi connectivity index (χ1n) is 7.36. The van der Waals surface area contributed by atoms with Crippen LogP contribution in [0, 0.1) is 0 Å². The Morgan fingerprint density at radius 3 is 2.54 bits per heavy atom. The zero-order valence-electron chi connectivity index (χ0n) is 13.3. The molecule has 0 radical (unpaired) electrons. The van der Waals surface area contributed by atoms with Crippen LogP contribution >= 0.6 is 0 Å². The summed E-state index contributed by atoms with van der Waals surface area (Å²) in [6, 6.07) is 15.0. The van der Waals surface area contributed by atoms with Crippen molar-refractivity contribution in [3.8, 4) is 5.75 Å². The maximum Gasteiger partial charge on any atom is 0.261 e. The monoisotopic (exact) mass is 341 g/mol. The minimum Gasteiger partial charge on any atom is -0.457 e. The largest absolute Gasteiger partial charge is 0.457 e. The van der Waals surface area contributed by atoms with Crippen molar-refractivity contribution >= 4 is 15.7 Å². The van der Waals surface area contributed by atoms with Crippen molar-refractivity contribution in [2.75, 3.05) is 4.72 Å². The first kappa shape index (κ1) is 17.6. The summed E-state index contributed by atoms with van der Waals surface area (Å²) in [7, 11) is -3.63. The smallest absolute Gasteiger partial charge is 0.261 e. The molecule has 1 N–H and O–H groups in total. The molecule has 0 bridgehead atoms. The van der Waals surface area contributed by atoms with E-state index in [1.165, 1.54) is 0 Å². The number of benzene rings is 2. The van der Waals surface area contributed by atoms with Gasteiger partial charge in [0.2, 0.25) is 0 Å². The number of allylic oxidation sites excluding steroid dienone is 4. The first-order valence-corrected chi connectivity index (χ1v) is 8.84. The average molecular weight is 341 g/mol. The van der Waals surface area contributed by atoms with Crippen LogP contribution in [-0.4, -0.2) is 8.42 Å². The van der Waals surface area contributed by atoms with E-state index in [0.29, 0.717) is 17.2 Å². The van der Waals surface area contributed by atoms with Gasteiger partial charge in [-0.05, 0) is 43.3 Å². The standard InChI is InChI=1S/C19H19NO3S/c1-3-9-17(10-4-2)23-18-12-8-11-16(15-18)20-24(21,22)19-13-6-5-7-14-19/h3-15,20H,1H2,2H3. The highest BCUT2D eigenvalue weighted by Crippen LogP contribution is 2.22. The van der Waals surface area contributed by atoms with Crippen LogP contribution in [0.3, 0.4) is 0 Å². The molecule has 0 aliphatic carbocycles. The van der Waals surface area contributed by atoms with Crippen molar-refractivity contribution in [3.05, 3.63) is 91.2 Å². The Kier molecular flexibility index (Phi) is 5.98. The van der Waals surface area contributed by atoms with E-state index in [-0.39, 0.29) is 4.90 Å². The van der Waals surface area contributed by atoms with Crippen LogP contribution in [0.25, 0.3) is 0 Å². The second-order valence-corrected chi connectivity index (χ2v) is 6.54. The van der Waals surface area contributed by atoms with Crippen molar-refractivity contribution < 1.29 is 13.2 Å². The van der Waals surface area contributed by atoms with Crippen LogP contribution in [0.15, 0.2) is 96.1 Å². The second kappa shape index (κ2) is 8.17. The molecule has 0 aromatic heterocycles. The molecule has 2 aromatic rings. The topological polar surface area (TPSA) is 55.4 Å². The van der Waals surface area contributed by atoms with Gasteiger partial charge in [-0.2, -0.15) is 0 Å². The molecule has 0 aliphatic heterocycles. The van der Waals surface area contributed by atoms with E-state index in [1.807, 2.05) is 13.0 Å². The quantitative estimate of drug-likeness (QED) is 0.595. The van der Waals surface area contributed by atoms with Crippen LogP contribution in [0.5, 0.6) is 5.75 Å². The molecule has 0 aliphatic rings. The molecule has 0 saturated carbocycles. The van der Waals surface area contributed by atoms with E-state index in [9.17, 15) is 8.42 Å². The maximum atomic E-state index is 12.4. The molecule has 0 fully saturated rings. The molecule has 4 nitrogen and oxygen atoms in total. The first-order chi connectivity index (χ1) is 11.5. The predicted molar refractivity (Wildman–Crippen MR) is 97.4 cm³/mol. The highest BCUT2D eigenvalue weighted by molar-refractivity contribution is 7.92. The van der Waals surface area contributed by atoms with Gasteiger partial charge in [-0.1, -0.05) is 43.0 Å². The summed E-state index contributed by atoms with van der Waals surface area (Å²) >= 11 is 0. The van der Waals surface area contributed by atoms with Crippen molar-refractivity contribution in [2.24, 2.45) is 0 Å². The molecule has 24 heavy (non-hydrogen) atoms. The molecule has 0 spiro atoms. The van der Waals surface area contributed by atoms with Gasteiger partial charge in [0, 0.05) is 6.07 Å². The van der Waals surface area contributed by atoms with Gasteiger partial charge in [0.1, 0.15) is 11.5 Å². The second-order valence-electron chi connectivity index (χ2n) is 4.85. The van der Waals surface area contributed by atoms with Gasteiger partial charge in [0.15, 0.2) is 0 Å². The van der Waals surface area contributed by atoms with Gasteiger partial charge < -0.3 is 4.74 Å². The Morgan fingerprint density at radius 1 is 1.12 bits per heavy atom. The molecular weight excluding hydrogens is 322 g/mol. The summed E-state index contributed by atoms with van der Waals surface area (Å²) in [4.78, 5) is 0.206. The van der Waals surface area contributed by atoms with Gasteiger partial charge in [-0.3, -0.25) is 4.72 Å². The molecule has 2 aromatic carbocycles. The highest BCUT2D eigenvalue weighted by atomic mass is 32.2. The van der Waals surface area contributed by atoms with Crippen molar-refractivity contribution in [3.63, 3.8) is 0 Å². The van der Waals surface area contributed by atoms with Gasteiger partial charge in [0.05, 0.1) is 10.6 Å². The molecule has 0 saturated heterocycles. The van der Waals surface area contributed by atoms with Crippen LogP contribution in [0.2, 0.25) is 0 Å². The Labute approximate surface area is 142 Å². The van der Waals surface area contributed by atoms with Gasteiger partial charge in [-0.15, -0.1) is 0 Å². The SMILES string of the molecule is C=CC=C(C=CC)Oc1cccc(NS(=O)(=O)c2ccccc2)c1. The van der Waals surface area contributed by atoms with E-state index in [2.05, 4.69) is 11.3 Å². The number of anilines is 1. The summed E-state index contributed by atoms with van der Waals surface area (Å²) in [6.45, 7) is 5.52. The van der Waals surface area contributed by atoms with Crippen molar-refractivity contribution in [1.82, 2.24) is 0 Å². The lowest BCUT2D eigenvalue weighted by Gasteiger charge is -2.10. The lowest BCUT2D eigenvalue weighted by Crippen LogP contribution is -2.12. The van der Waals surface area contributed by atoms with E-state index in [4.69, 9.17) is 4.74 Å². The van der Waals surface area contributed by atoms with Crippen LogP contribution in [-0.2, 0) is 10.0 Å².